The number of halogens is 1. The van der Waals surface area contributed by atoms with Crippen LogP contribution in [-0.4, -0.2) is 15.6 Å². The van der Waals surface area contributed by atoms with Gasteiger partial charge in [0, 0.05) is 10.6 Å². The van der Waals surface area contributed by atoms with Crippen molar-refractivity contribution in [1.82, 2.24) is 9.78 Å². The Morgan fingerprint density at radius 3 is 2.71 bits per heavy atom. The van der Waals surface area contributed by atoms with Crippen LogP contribution in [0.4, 0.5) is 0 Å². The highest BCUT2D eigenvalue weighted by Crippen LogP contribution is 2.21. The van der Waals surface area contributed by atoms with Crippen molar-refractivity contribution in [2.24, 2.45) is 0 Å². The zero-order chi connectivity index (χ0) is 14.8. The first-order chi connectivity index (χ1) is 10.1. The minimum Gasteiger partial charge on any atom is -0.387 e. The van der Waals surface area contributed by atoms with E-state index in [4.69, 9.17) is 16.0 Å². The monoisotopic (exact) mass is 320 g/mol. The molecule has 5 nitrogen and oxygen atoms in total. The molecule has 0 saturated heterocycles. The molecule has 0 saturated carbocycles. The van der Waals surface area contributed by atoms with E-state index < -0.39 is 5.76 Å². The van der Waals surface area contributed by atoms with Crippen LogP contribution in [0.3, 0.4) is 0 Å². The maximum atomic E-state index is 12.1. The summed E-state index contributed by atoms with van der Waals surface area (Å²) in [5.74, 6) is -0.667. The zero-order valence-corrected chi connectivity index (χ0v) is 12.2. The van der Waals surface area contributed by atoms with Crippen LogP contribution < -0.4 is 5.76 Å². The average molecular weight is 321 g/mol. The van der Waals surface area contributed by atoms with Crippen molar-refractivity contribution in [2.75, 3.05) is 0 Å². The first-order valence-corrected chi connectivity index (χ1v) is 7.30. The van der Waals surface area contributed by atoms with Gasteiger partial charge in [-0.05, 0) is 35.7 Å². The maximum Gasteiger partial charge on any atom is 0.437 e. The molecule has 0 spiro atoms. The van der Waals surface area contributed by atoms with Crippen molar-refractivity contribution < 1.29 is 9.21 Å². The van der Waals surface area contributed by atoms with Gasteiger partial charge in [0.05, 0.1) is 4.88 Å². The van der Waals surface area contributed by atoms with Gasteiger partial charge in [-0.2, -0.15) is 4.68 Å². The topological polar surface area (TPSA) is 65.1 Å². The molecule has 0 N–H and O–H groups in total. The van der Waals surface area contributed by atoms with Crippen molar-refractivity contribution >= 4 is 28.7 Å². The molecule has 7 heteroatoms. The van der Waals surface area contributed by atoms with Gasteiger partial charge >= 0.3 is 5.76 Å². The number of thiophene rings is 1. The van der Waals surface area contributed by atoms with E-state index in [1.807, 2.05) is 11.4 Å². The van der Waals surface area contributed by atoms with E-state index in [0.29, 0.717) is 10.6 Å². The Labute approximate surface area is 128 Å². The summed E-state index contributed by atoms with van der Waals surface area (Å²) < 4.78 is 6.07. The van der Waals surface area contributed by atoms with Gasteiger partial charge in [0.15, 0.2) is 5.78 Å². The number of ketones is 1. The van der Waals surface area contributed by atoms with Gasteiger partial charge in [0.1, 0.15) is 6.54 Å². The molecule has 3 rings (SSSR count). The molecular weight excluding hydrogens is 312 g/mol. The number of nitrogens with zero attached hydrogens (tertiary/aromatic N) is 2. The second-order valence-corrected chi connectivity index (χ2v) is 5.62. The third-order valence-corrected chi connectivity index (χ3v) is 3.91. The Balaban J connectivity index is 1.83. The highest BCUT2D eigenvalue weighted by Gasteiger charge is 2.14. The highest BCUT2D eigenvalue weighted by atomic mass is 35.5. The van der Waals surface area contributed by atoms with Gasteiger partial charge < -0.3 is 4.42 Å². The van der Waals surface area contributed by atoms with Crippen LogP contribution in [0.15, 0.2) is 51.0 Å². The molecule has 1 aromatic carbocycles. The van der Waals surface area contributed by atoms with Crippen LogP contribution in [0.25, 0.3) is 10.8 Å². The molecule has 0 amide bonds. The Bertz CT molecular complexity index is 819. The third kappa shape index (κ3) is 2.96. The van der Waals surface area contributed by atoms with E-state index in [2.05, 4.69) is 5.10 Å². The van der Waals surface area contributed by atoms with Crippen LogP contribution in [-0.2, 0) is 6.54 Å². The second-order valence-electron chi connectivity index (χ2n) is 4.24. The normalized spacial score (nSPS) is 10.7. The number of aromatic nitrogens is 2. The number of hydrogen-bond acceptors (Lipinski definition) is 5. The van der Waals surface area contributed by atoms with Crippen LogP contribution in [0.1, 0.15) is 10.4 Å². The van der Waals surface area contributed by atoms with E-state index in [9.17, 15) is 9.59 Å². The van der Waals surface area contributed by atoms with E-state index in [1.165, 1.54) is 11.3 Å². The van der Waals surface area contributed by atoms with Gasteiger partial charge in [-0.15, -0.1) is 16.4 Å². The Morgan fingerprint density at radius 2 is 2.05 bits per heavy atom. The fourth-order valence-corrected chi connectivity index (χ4v) is 2.54. The molecule has 2 aromatic heterocycles. The fourth-order valence-electron chi connectivity index (χ4n) is 1.77. The van der Waals surface area contributed by atoms with Crippen LogP contribution in [0, 0.1) is 0 Å². The zero-order valence-electron chi connectivity index (χ0n) is 10.7. The minimum absolute atomic E-state index is 0.171. The van der Waals surface area contributed by atoms with Crippen LogP contribution in [0.2, 0.25) is 5.02 Å². The van der Waals surface area contributed by atoms with E-state index >= 15 is 0 Å². The average Bonchev–Trinajstić information content (AvgIpc) is 3.10. The van der Waals surface area contributed by atoms with Crippen molar-refractivity contribution in [3.05, 3.63) is 62.9 Å². The molecule has 0 aliphatic rings. The molecule has 2 heterocycles. The van der Waals surface area contributed by atoms with Crippen molar-refractivity contribution in [3.63, 3.8) is 0 Å². The van der Waals surface area contributed by atoms with Crippen molar-refractivity contribution in [3.8, 4) is 10.8 Å². The Kier molecular flexibility index (Phi) is 3.72. The van der Waals surface area contributed by atoms with E-state index in [-0.39, 0.29) is 18.2 Å². The summed E-state index contributed by atoms with van der Waals surface area (Å²) in [4.78, 5) is 24.6. The molecular formula is C14H9ClN2O3S. The predicted molar refractivity (Wildman–Crippen MR) is 79.9 cm³/mol. The minimum atomic E-state index is -0.652. The summed E-state index contributed by atoms with van der Waals surface area (Å²) >= 11 is 7.18. The van der Waals surface area contributed by atoms with Gasteiger partial charge in [-0.3, -0.25) is 4.79 Å². The number of carbonyl (C=O) groups excluding carboxylic acids is 1. The van der Waals surface area contributed by atoms with Crippen molar-refractivity contribution in [2.45, 2.75) is 6.54 Å². The van der Waals surface area contributed by atoms with Crippen LogP contribution >= 0.6 is 22.9 Å². The van der Waals surface area contributed by atoms with Crippen molar-refractivity contribution in [1.29, 1.82) is 0 Å². The molecule has 0 aliphatic heterocycles. The summed E-state index contributed by atoms with van der Waals surface area (Å²) in [6.45, 7) is -0.171. The molecule has 0 atom stereocenters. The summed E-state index contributed by atoms with van der Waals surface area (Å²) in [6.07, 6.45) is 0. The lowest BCUT2D eigenvalue weighted by molar-refractivity contribution is 0.0965. The lowest BCUT2D eigenvalue weighted by Crippen LogP contribution is -2.21. The van der Waals surface area contributed by atoms with E-state index in [0.717, 1.165) is 9.56 Å². The third-order valence-electron chi connectivity index (χ3n) is 2.80. The lowest BCUT2D eigenvalue weighted by atomic mass is 10.1. The SMILES string of the molecule is O=C(Cn1nc(-c2cccs2)oc1=O)c1ccc(Cl)cc1. The van der Waals surface area contributed by atoms with Gasteiger partial charge in [-0.25, -0.2) is 4.79 Å². The molecule has 106 valence electrons. The fraction of sp³-hybridized carbons (Fsp3) is 0.0714. The number of carbonyl (C=O) groups is 1. The standard InChI is InChI=1S/C14H9ClN2O3S/c15-10-5-3-9(4-6-10)11(18)8-17-14(19)20-13(16-17)12-2-1-7-21-12/h1-7H,8H2. The molecule has 21 heavy (non-hydrogen) atoms. The summed E-state index contributed by atoms with van der Waals surface area (Å²) in [7, 11) is 0. The predicted octanol–water partition coefficient (Wildman–Crippen LogP) is 3.10. The summed E-state index contributed by atoms with van der Waals surface area (Å²) in [5.41, 5.74) is 0.465. The van der Waals surface area contributed by atoms with Gasteiger partial charge in [-0.1, -0.05) is 17.7 Å². The Hall–Kier alpha value is -2.18. The van der Waals surface area contributed by atoms with Gasteiger partial charge in [0.25, 0.3) is 5.89 Å². The quantitative estimate of drug-likeness (QED) is 0.693. The highest BCUT2D eigenvalue weighted by molar-refractivity contribution is 7.13. The molecule has 0 aliphatic carbocycles. The smallest absolute Gasteiger partial charge is 0.387 e. The largest absolute Gasteiger partial charge is 0.437 e. The first-order valence-electron chi connectivity index (χ1n) is 6.04. The number of Topliss-reactive ketones (excluding diaryl/α,β-unsaturated/α-hetero) is 1. The molecule has 0 fully saturated rings. The van der Waals surface area contributed by atoms with Crippen LogP contribution in [0.5, 0.6) is 0 Å². The number of hydrogen-bond donors (Lipinski definition) is 0. The lowest BCUT2D eigenvalue weighted by Gasteiger charge is -1.99. The number of benzene rings is 1. The van der Waals surface area contributed by atoms with Gasteiger partial charge in [0.2, 0.25) is 0 Å². The Morgan fingerprint density at radius 1 is 1.29 bits per heavy atom. The number of rotatable bonds is 4. The molecule has 3 aromatic rings. The first kappa shape index (κ1) is 13.8. The summed E-state index contributed by atoms with van der Waals surface area (Å²) in [6, 6.07) is 10.1. The molecule has 0 radical (unpaired) electrons. The summed E-state index contributed by atoms with van der Waals surface area (Å²) in [5, 5.41) is 6.44. The molecule has 0 bridgehead atoms. The maximum absolute atomic E-state index is 12.1. The second kappa shape index (κ2) is 5.67. The molecule has 0 unspecified atom stereocenters. The van der Waals surface area contributed by atoms with E-state index in [1.54, 1.807) is 30.3 Å².